The van der Waals surface area contributed by atoms with Gasteiger partial charge in [0, 0.05) is 17.3 Å². The average molecular weight is 176 g/mol. The van der Waals surface area contributed by atoms with Crippen molar-refractivity contribution in [3.63, 3.8) is 0 Å². The number of rotatable bonds is 0. The van der Waals surface area contributed by atoms with Gasteiger partial charge in [-0.3, -0.25) is 0 Å². The second-order valence-corrected chi connectivity index (χ2v) is 2.82. The van der Waals surface area contributed by atoms with Gasteiger partial charge in [0.05, 0.1) is 0 Å². The molecule has 0 aromatic carbocycles. The second kappa shape index (κ2) is 4.08. The van der Waals surface area contributed by atoms with Crippen LogP contribution in [-0.4, -0.2) is 9.97 Å². The lowest BCUT2D eigenvalue weighted by Gasteiger charge is -1.91. The molecule has 2 aromatic rings. The molecule has 2 heterocycles. The molecule has 70 valence electrons. The molecule has 0 aliphatic carbocycles. The van der Waals surface area contributed by atoms with Gasteiger partial charge in [0.1, 0.15) is 5.65 Å². The van der Waals surface area contributed by atoms with Gasteiger partial charge >= 0.3 is 0 Å². The standard InChI is InChI=1S/C9H10N2.C2H6/c1-6-5-10-9-8(6)4-3-7(2)11-9;1-2/h3-5H,1-2H3,(H,10,11);1-2H3. The first-order valence-electron chi connectivity index (χ1n) is 4.69. The third kappa shape index (κ3) is 1.89. The van der Waals surface area contributed by atoms with Gasteiger partial charge in [0.2, 0.25) is 0 Å². The molecular weight excluding hydrogens is 160 g/mol. The minimum Gasteiger partial charge on any atom is -0.346 e. The minimum absolute atomic E-state index is 0.988. The molecule has 13 heavy (non-hydrogen) atoms. The van der Waals surface area contributed by atoms with Gasteiger partial charge in [-0.15, -0.1) is 0 Å². The smallest absolute Gasteiger partial charge is 0.137 e. The van der Waals surface area contributed by atoms with Crippen molar-refractivity contribution >= 4 is 11.0 Å². The first-order valence-corrected chi connectivity index (χ1v) is 4.69. The Bertz CT molecular complexity index is 388. The lowest BCUT2D eigenvalue weighted by molar-refractivity contribution is 1.22. The summed E-state index contributed by atoms with van der Waals surface area (Å²) < 4.78 is 0. The van der Waals surface area contributed by atoms with Crippen molar-refractivity contribution in [2.75, 3.05) is 0 Å². The predicted molar refractivity (Wildman–Crippen MR) is 56.9 cm³/mol. The third-order valence-corrected chi connectivity index (χ3v) is 1.88. The van der Waals surface area contributed by atoms with Crippen molar-refractivity contribution in [3.8, 4) is 0 Å². The van der Waals surface area contributed by atoms with Crippen molar-refractivity contribution in [3.05, 3.63) is 29.6 Å². The Kier molecular flexibility index (Phi) is 3.07. The quantitative estimate of drug-likeness (QED) is 0.656. The number of pyridine rings is 1. The van der Waals surface area contributed by atoms with Crippen molar-refractivity contribution in [2.24, 2.45) is 0 Å². The molecule has 0 saturated heterocycles. The Balaban J connectivity index is 0.000000396. The Morgan fingerprint density at radius 1 is 1.15 bits per heavy atom. The average Bonchev–Trinajstić information content (AvgIpc) is 2.51. The number of H-pyrrole nitrogens is 1. The first-order chi connectivity index (χ1) is 6.27. The highest BCUT2D eigenvalue weighted by molar-refractivity contribution is 5.79. The van der Waals surface area contributed by atoms with Gasteiger partial charge in [0.15, 0.2) is 0 Å². The fourth-order valence-electron chi connectivity index (χ4n) is 1.24. The van der Waals surface area contributed by atoms with Crippen LogP contribution in [-0.2, 0) is 0 Å². The van der Waals surface area contributed by atoms with E-state index in [9.17, 15) is 0 Å². The SMILES string of the molecule is CC.Cc1ccc2c(C)c[nH]c2n1. The maximum atomic E-state index is 4.34. The minimum atomic E-state index is 0.988. The van der Waals surface area contributed by atoms with Gasteiger partial charge in [-0.2, -0.15) is 0 Å². The summed E-state index contributed by atoms with van der Waals surface area (Å²) in [7, 11) is 0. The van der Waals surface area contributed by atoms with E-state index in [-0.39, 0.29) is 0 Å². The van der Waals surface area contributed by atoms with Crippen LogP contribution in [0.2, 0.25) is 0 Å². The maximum absolute atomic E-state index is 4.34. The highest BCUT2D eigenvalue weighted by atomic mass is 14.8. The summed E-state index contributed by atoms with van der Waals surface area (Å²) in [4.78, 5) is 7.46. The van der Waals surface area contributed by atoms with Crippen LogP contribution < -0.4 is 0 Å². The number of fused-ring (bicyclic) bond motifs is 1. The molecule has 1 N–H and O–H groups in total. The molecule has 0 aliphatic rings. The Morgan fingerprint density at radius 2 is 1.85 bits per heavy atom. The summed E-state index contributed by atoms with van der Waals surface area (Å²) in [5.74, 6) is 0. The van der Waals surface area contributed by atoms with Gasteiger partial charge in [-0.1, -0.05) is 13.8 Å². The Morgan fingerprint density at radius 3 is 2.54 bits per heavy atom. The second-order valence-electron chi connectivity index (χ2n) is 2.82. The normalized spacial score (nSPS) is 9.54. The predicted octanol–water partition coefficient (Wildman–Crippen LogP) is 3.21. The van der Waals surface area contributed by atoms with E-state index in [4.69, 9.17) is 0 Å². The number of aromatic amines is 1. The van der Waals surface area contributed by atoms with E-state index in [1.165, 1.54) is 10.9 Å². The first kappa shape index (κ1) is 9.78. The maximum Gasteiger partial charge on any atom is 0.137 e. The van der Waals surface area contributed by atoms with E-state index < -0.39 is 0 Å². The van der Waals surface area contributed by atoms with E-state index in [0.717, 1.165) is 11.3 Å². The summed E-state index contributed by atoms with van der Waals surface area (Å²) >= 11 is 0. The summed E-state index contributed by atoms with van der Waals surface area (Å²) in [6.07, 6.45) is 1.98. The van der Waals surface area contributed by atoms with E-state index in [1.54, 1.807) is 0 Å². The number of hydrogen-bond acceptors (Lipinski definition) is 1. The van der Waals surface area contributed by atoms with Crippen LogP contribution in [0.1, 0.15) is 25.1 Å². The van der Waals surface area contributed by atoms with Crippen LogP contribution in [0.25, 0.3) is 11.0 Å². The molecule has 0 bridgehead atoms. The van der Waals surface area contributed by atoms with Crippen LogP contribution in [0.4, 0.5) is 0 Å². The molecule has 0 fully saturated rings. The molecule has 2 nitrogen and oxygen atoms in total. The summed E-state index contributed by atoms with van der Waals surface area (Å²) in [6, 6.07) is 4.13. The third-order valence-electron chi connectivity index (χ3n) is 1.88. The number of nitrogens with one attached hydrogen (secondary N) is 1. The summed E-state index contributed by atoms with van der Waals surface area (Å²) in [5, 5.41) is 1.22. The van der Waals surface area contributed by atoms with Crippen LogP contribution in [0.5, 0.6) is 0 Å². The zero-order valence-electron chi connectivity index (χ0n) is 8.68. The van der Waals surface area contributed by atoms with Gasteiger partial charge in [-0.05, 0) is 31.5 Å². The molecule has 0 atom stereocenters. The molecular formula is C11H16N2. The van der Waals surface area contributed by atoms with E-state index in [0.29, 0.717) is 0 Å². The number of aromatic nitrogens is 2. The molecule has 0 radical (unpaired) electrons. The zero-order valence-corrected chi connectivity index (χ0v) is 8.68. The van der Waals surface area contributed by atoms with Gasteiger partial charge < -0.3 is 4.98 Å². The number of aryl methyl sites for hydroxylation is 2. The molecule has 0 aliphatic heterocycles. The van der Waals surface area contributed by atoms with Crippen LogP contribution in [0.15, 0.2) is 18.3 Å². The number of hydrogen-bond donors (Lipinski definition) is 1. The highest BCUT2D eigenvalue weighted by Gasteiger charge is 1.98. The zero-order chi connectivity index (χ0) is 9.84. The molecule has 0 saturated carbocycles. The summed E-state index contributed by atoms with van der Waals surface area (Å²) in [6.45, 7) is 8.07. The van der Waals surface area contributed by atoms with Crippen LogP contribution >= 0.6 is 0 Å². The van der Waals surface area contributed by atoms with Gasteiger partial charge in [-0.25, -0.2) is 4.98 Å². The van der Waals surface area contributed by atoms with E-state index >= 15 is 0 Å². The van der Waals surface area contributed by atoms with Gasteiger partial charge in [0.25, 0.3) is 0 Å². The largest absolute Gasteiger partial charge is 0.346 e. The Labute approximate surface area is 79.0 Å². The van der Waals surface area contributed by atoms with E-state index in [2.05, 4.69) is 23.0 Å². The lowest BCUT2D eigenvalue weighted by Crippen LogP contribution is -1.80. The lowest BCUT2D eigenvalue weighted by atomic mass is 10.2. The van der Waals surface area contributed by atoms with Crippen molar-refractivity contribution in [1.29, 1.82) is 0 Å². The van der Waals surface area contributed by atoms with Crippen molar-refractivity contribution < 1.29 is 0 Å². The van der Waals surface area contributed by atoms with Crippen molar-refractivity contribution in [2.45, 2.75) is 27.7 Å². The molecule has 0 amide bonds. The van der Waals surface area contributed by atoms with Crippen molar-refractivity contribution in [1.82, 2.24) is 9.97 Å². The monoisotopic (exact) mass is 176 g/mol. The summed E-state index contributed by atoms with van der Waals surface area (Å²) in [5.41, 5.74) is 3.30. The molecule has 0 unspecified atom stereocenters. The van der Waals surface area contributed by atoms with E-state index in [1.807, 2.05) is 33.0 Å². The fourth-order valence-corrected chi connectivity index (χ4v) is 1.24. The highest BCUT2D eigenvalue weighted by Crippen LogP contribution is 2.14. The molecule has 2 aromatic heterocycles. The molecule has 2 heteroatoms. The topological polar surface area (TPSA) is 28.7 Å². The molecule has 0 spiro atoms. The fraction of sp³-hybridized carbons (Fsp3) is 0.364. The number of nitrogens with zero attached hydrogens (tertiary/aromatic N) is 1. The van der Waals surface area contributed by atoms with Crippen LogP contribution in [0, 0.1) is 13.8 Å². The van der Waals surface area contributed by atoms with Crippen LogP contribution in [0.3, 0.4) is 0 Å². The molecule has 2 rings (SSSR count). The Hall–Kier alpha value is -1.31.